The molecule has 0 aliphatic heterocycles. The van der Waals surface area contributed by atoms with Gasteiger partial charge in [0.25, 0.3) is 0 Å². The van der Waals surface area contributed by atoms with E-state index >= 15 is 0 Å². The molecule has 114 valence electrons. The number of hydrogen-bond acceptors (Lipinski definition) is 3. The van der Waals surface area contributed by atoms with Crippen LogP contribution in [-0.2, 0) is 0 Å². The third-order valence-corrected chi connectivity index (χ3v) is 4.99. The van der Waals surface area contributed by atoms with Crippen molar-refractivity contribution >= 4 is 0 Å². The molecule has 1 saturated carbocycles. The highest BCUT2D eigenvalue weighted by Crippen LogP contribution is 2.37. The van der Waals surface area contributed by atoms with Gasteiger partial charge in [-0.05, 0) is 64.0 Å². The lowest BCUT2D eigenvalue weighted by Crippen LogP contribution is -2.56. The van der Waals surface area contributed by atoms with Gasteiger partial charge in [0.1, 0.15) is 0 Å². The molecule has 0 amide bonds. The highest BCUT2D eigenvalue weighted by Gasteiger charge is 2.38. The van der Waals surface area contributed by atoms with Gasteiger partial charge in [-0.2, -0.15) is 0 Å². The van der Waals surface area contributed by atoms with Crippen LogP contribution >= 0.6 is 0 Å². The number of rotatable bonds is 9. The lowest BCUT2D eigenvalue weighted by molar-refractivity contribution is 0.0390. The van der Waals surface area contributed by atoms with Gasteiger partial charge in [-0.15, -0.1) is 0 Å². The van der Waals surface area contributed by atoms with Crippen LogP contribution in [0.15, 0.2) is 0 Å². The van der Waals surface area contributed by atoms with E-state index in [0.717, 1.165) is 38.4 Å². The fourth-order valence-electron chi connectivity index (χ4n) is 3.54. The molecule has 1 aliphatic rings. The van der Waals surface area contributed by atoms with Gasteiger partial charge in [0.15, 0.2) is 0 Å². The van der Waals surface area contributed by atoms with Crippen molar-refractivity contribution in [2.24, 2.45) is 11.7 Å². The molecular formula is C16H34N2O. The van der Waals surface area contributed by atoms with Gasteiger partial charge in [-0.3, -0.25) is 4.90 Å². The molecule has 1 rings (SSSR count). The molecule has 0 saturated heterocycles. The average Bonchev–Trinajstić information content (AvgIpc) is 2.46. The minimum absolute atomic E-state index is 0.247. The highest BCUT2D eigenvalue weighted by molar-refractivity contribution is 4.95. The molecule has 0 heterocycles. The summed E-state index contributed by atoms with van der Waals surface area (Å²) in [5.41, 5.74) is 6.42. The molecule has 0 bridgehead atoms. The maximum atomic E-state index is 8.96. The molecule has 1 aliphatic carbocycles. The van der Waals surface area contributed by atoms with Crippen LogP contribution in [-0.4, -0.2) is 41.8 Å². The third-order valence-electron chi connectivity index (χ3n) is 4.99. The lowest BCUT2D eigenvalue weighted by atomic mass is 9.74. The molecular weight excluding hydrogens is 236 g/mol. The Labute approximate surface area is 119 Å². The highest BCUT2D eigenvalue weighted by atomic mass is 16.2. The van der Waals surface area contributed by atoms with Crippen LogP contribution in [0.25, 0.3) is 0 Å². The van der Waals surface area contributed by atoms with E-state index in [2.05, 4.69) is 18.7 Å². The van der Waals surface area contributed by atoms with Crippen molar-refractivity contribution < 1.29 is 5.11 Å². The van der Waals surface area contributed by atoms with Gasteiger partial charge in [0, 0.05) is 18.7 Å². The Morgan fingerprint density at radius 1 is 1.16 bits per heavy atom. The number of nitrogens with zero attached hydrogens (tertiary/aromatic N) is 1. The molecule has 0 aromatic carbocycles. The van der Waals surface area contributed by atoms with Crippen LogP contribution in [0.4, 0.5) is 0 Å². The van der Waals surface area contributed by atoms with Gasteiger partial charge in [-0.25, -0.2) is 0 Å². The minimum Gasteiger partial charge on any atom is -0.396 e. The van der Waals surface area contributed by atoms with Crippen LogP contribution in [0.1, 0.15) is 65.2 Å². The van der Waals surface area contributed by atoms with E-state index in [-0.39, 0.29) is 5.54 Å². The second-order valence-electron chi connectivity index (χ2n) is 6.20. The zero-order chi connectivity index (χ0) is 14.1. The summed E-state index contributed by atoms with van der Waals surface area (Å²) in [5.74, 6) is 0.917. The topological polar surface area (TPSA) is 49.5 Å². The Balaban J connectivity index is 2.61. The Kier molecular flexibility index (Phi) is 7.96. The molecule has 0 unspecified atom stereocenters. The number of aliphatic hydroxyl groups is 1. The smallest absolute Gasteiger partial charge is 0.0431 e. The zero-order valence-electron chi connectivity index (χ0n) is 13.0. The van der Waals surface area contributed by atoms with Gasteiger partial charge in [-0.1, -0.05) is 20.3 Å². The second kappa shape index (κ2) is 8.93. The van der Waals surface area contributed by atoms with Crippen molar-refractivity contribution in [1.29, 1.82) is 0 Å². The number of hydrogen-bond donors (Lipinski definition) is 2. The number of unbranched alkanes of at least 4 members (excludes halogenated alkanes) is 1. The third kappa shape index (κ3) is 4.73. The first-order valence-electron chi connectivity index (χ1n) is 8.28. The fourth-order valence-corrected chi connectivity index (χ4v) is 3.54. The van der Waals surface area contributed by atoms with Gasteiger partial charge < -0.3 is 10.8 Å². The quantitative estimate of drug-likeness (QED) is 0.633. The minimum atomic E-state index is 0.247. The van der Waals surface area contributed by atoms with Crippen LogP contribution < -0.4 is 5.73 Å². The molecule has 3 N–H and O–H groups in total. The van der Waals surface area contributed by atoms with Gasteiger partial charge >= 0.3 is 0 Å². The van der Waals surface area contributed by atoms with E-state index in [1.165, 1.54) is 38.5 Å². The Morgan fingerprint density at radius 3 is 2.32 bits per heavy atom. The monoisotopic (exact) mass is 270 g/mol. The zero-order valence-corrected chi connectivity index (χ0v) is 13.0. The van der Waals surface area contributed by atoms with Crippen LogP contribution in [0.3, 0.4) is 0 Å². The van der Waals surface area contributed by atoms with Crippen molar-refractivity contribution in [3.63, 3.8) is 0 Å². The number of aliphatic hydroxyl groups excluding tert-OH is 1. The van der Waals surface area contributed by atoms with Crippen molar-refractivity contribution in [1.82, 2.24) is 4.90 Å². The van der Waals surface area contributed by atoms with Crippen molar-refractivity contribution in [2.45, 2.75) is 70.8 Å². The summed E-state index contributed by atoms with van der Waals surface area (Å²) in [6.07, 6.45) is 9.73. The Hall–Kier alpha value is -0.120. The van der Waals surface area contributed by atoms with Crippen LogP contribution in [0.5, 0.6) is 0 Å². The fraction of sp³-hybridized carbons (Fsp3) is 1.00. The summed E-state index contributed by atoms with van der Waals surface area (Å²) in [4.78, 5) is 2.63. The molecule has 0 atom stereocenters. The Bertz CT molecular complexity index is 225. The predicted octanol–water partition coefficient (Wildman–Crippen LogP) is 2.77. The maximum Gasteiger partial charge on any atom is 0.0431 e. The van der Waals surface area contributed by atoms with E-state index < -0.39 is 0 Å². The summed E-state index contributed by atoms with van der Waals surface area (Å²) in [6, 6.07) is 0. The average molecular weight is 270 g/mol. The standard InChI is InChI=1S/C16H34N2O/c1-3-11-18(12-5-6-13-19)16(14-17)9-7-15(4-2)8-10-16/h15,19H,3-14,17H2,1-2H3. The molecule has 0 spiro atoms. The van der Waals surface area contributed by atoms with E-state index in [4.69, 9.17) is 10.8 Å². The summed E-state index contributed by atoms with van der Waals surface area (Å²) in [5, 5.41) is 8.96. The first kappa shape index (κ1) is 16.9. The summed E-state index contributed by atoms with van der Waals surface area (Å²) < 4.78 is 0. The lowest BCUT2D eigenvalue weighted by Gasteiger charge is -2.48. The molecule has 1 fully saturated rings. The maximum absolute atomic E-state index is 8.96. The molecule has 3 nitrogen and oxygen atoms in total. The normalized spacial score (nSPS) is 27.9. The summed E-state index contributed by atoms with van der Waals surface area (Å²) >= 11 is 0. The molecule has 0 radical (unpaired) electrons. The molecule has 19 heavy (non-hydrogen) atoms. The summed E-state index contributed by atoms with van der Waals surface area (Å²) in [7, 11) is 0. The SMILES string of the molecule is CCCN(CCCCO)C1(CN)CCC(CC)CC1. The van der Waals surface area contributed by atoms with E-state index in [1.54, 1.807) is 0 Å². The van der Waals surface area contributed by atoms with E-state index in [9.17, 15) is 0 Å². The largest absolute Gasteiger partial charge is 0.396 e. The molecule has 0 aromatic heterocycles. The first-order valence-corrected chi connectivity index (χ1v) is 8.28. The predicted molar refractivity (Wildman–Crippen MR) is 82.2 cm³/mol. The van der Waals surface area contributed by atoms with Crippen molar-refractivity contribution in [3.05, 3.63) is 0 Å². The van der Waals surface area contributed by atoms with Crippen LogP contribution in [0, 0.1) is 5.92 Å². The van der Waals surface area contributed by atoms with E-state index in [0.29, 0.717) is 6.61 Å². The first-order chi connectivity index (χ1) is 9.22. The van der Waals surface area contributed by atoms with Gasteiger partial charge in [0.05, 0.1) is 0 Å². The van der Waals surface area contributed by atoms with Gasteiger partial charge in [0.2, 0.25) is 0 Å². The second-order valence-corrected chi connectivity index (χ2v) is 6.20. The van der Waals surface area contributed by atoms with Crippen molar-refractivity contribution in [2.75, 3.05) is 26.2 Å². The molecule has 3 heteroatoms. The van der Waals surface area contributed by atoms with Crippen molar-refractivity contribution in [3.8, 4) is 0 Å². The molecule has 0 aromatic rings. The van der Waals surface area contributed by atoms with Crippen LogP contribution in [0.2, 0.25) is 0 Å². The van der Waals surface area contributed by atoms with E-state index in [1.807, 2.05) is 0 Å². The Morgan fingerprint density at radius 2 is 1.84 bits per heavy atom. The summed E-state index contributed by atoms with van der Waals surface area (Å²) in [6.45, 7) is 7.92. The number of nitrogens with two attached hydrogens (primary N) is 1.